The van der Waals surface area contributed by atoms with Gasteiger partial charge < -0.3 is 10.4 Å². The van der Waals surface area contributed by atoms with Gasteiger partial charge in [0.2, 0.25) is 0 Å². The van der Waals surface area contributed by atoms with Crippen molar-refractivity contribution in [2.24, 2.45) is 0 Å². The fourth-order valence-corrected chi connectivity index (χ4v) is 3.67. The van der Waals surface area contributed by atoms with Crippen molar-refractivity contribution in [2.75, 3.05) is 5.32 Å². The summed E-state index contributed by atoms with van der Waals surface area (Å²) in [6.45, 7) is 0. The van der Waals surface area contributed by atoms with Gasteiger partial charge in [-0.3, -0.25) is 4.79 Å². The molecule has 0 spiro atoms. The van der Waals surface area contributed by atoms with Crippen LogP contribution in [0.5, 0.6) is 5.75 Å². The lowest BCUT2D eigenvalue weighted by molar-refractivity contribution is 0.103. The Kier molecular flexibility index (Phi) is 3.96. The SMILES string of the molecule is O=C(Nc1cccc(-c2ccc(O)cc2)c1)c1cc2ccccc2s1. The van der Waals surface area contributed by atoms with Crippen LogP contribution < -0.4 is 5.32 Å². The summed E-state index contributed by atoms with van der Waals surface area (Å²) in [7, 11) is 0. The maximum absolute atomic E-state index is 12.5. The molecular formula is C21H15NO2S. The summed E-state index contributed by atoms with van der Waals surface area (Å²) in [6, 6.07) is 24.6. The van der Waals surface area contributed by atoms with Crippen LogP contribution in [0.25, 0.3) is 21.2 Å². The molecule has 0 aliphatic carbocycles. The molecule has 1 aromatic heterocycles. The highest BCUT2D eigenvalue weighted by molar-refractivity contribution is 7.20. The van der Waals surface area contributed by atoms with E-state index in [0.29, 0.717) is 4.88 Å². The summed E-state index contributed by atoms with van der Waals surface area (Å²) in [5, 5.41) is 13.4. The zero-order valence-electron chi connectivity index (χ0n) is 13.3. The van der Waals surface area contributed by atoms with Crippen LogP contribution in [0.15, 0.2) is 78.9 Å². The van der Waals surface area contributed by atoms with Gasteiger partial charge >= 0.3 is 0 Å². The summed E-state index contributed by atoms with van der Waals surface area (Å²) >= 11 is 1.49. The number of phenols is 1. The molecule has 3 nitrogen and oxygen atoms in total. The molecule has 1 heterocycles. The lowest BCUT2D eigenvalue weighted by Gasteiger charge is -2.07. The molecule has 0 radical (unpaired) electrons. The maximum atomic E-state index is 12.5. The van der Waals surface area contributed by atoms with Gasteiger partial charge in [0.1, 0.15) is 5.75 Å². The van der Waals surface area contributed by atoms with Crippen molar-refractivity contribution >= 4 is 33.0 Å². The van der Waals surface area contributed by atoms with Crippen LogP contribution in [0.4, 0.5) is 5.69 Å². The topological polar surface area (TPSA) is 49.3 Å². The minimum absolute atomic E-state index is 0.107. The molecule has 0 saturated heterocycles. The van der Waals surface area contributed by atoms with Gasteiger partial charge in [-0.1, -0.05) is 42.5 Å². The van der Waals surface area contributed by atoms with E-state index in [9.17, 15) is 9.90 Å². The minimum Gasteiger partial charge on any atom is -0.508 e. The van der Waals surface area contributed by atoms with Crippen LogP contribution in [0.1, 0.15) is 9.67 Å². The number of phenolic OH excluding ortho intramolecular Hbond substituents is 1. The van der Waals surface area contributed by atoms with Gasteiger partial charge in [-0.25, -0.2) is 0 Å². The third-order valence-corrected chi connectivity index (χ3v) is 5.09. The highest BCUT2D eigenvalue weighted by Crippen LogP contribution is 2.27. The third kappa shape index (κ3) is 3.25. The molecule has 4 aromatic rings. The van der Waals surface area contributed by atoms with E-state index in [0.717, 1.165) is 26.9 Å². The Labute approximate surface area is 149 Å². The molecule has 2 N–H and O–H groups in total. The van der Waals surface area contributed by atoms with Gasteiger partial charge in [0.15, 0.2) is 0 Å². The van der Waals surface area contributed by atoms with Crippen LogP contribution >= 0.6 is 11.3 Å². The normalized spacial score (nSPS) is 10.7. The number of thiophene rings is 1. The molecule has 4 rings (SSSR count). The number of carbonyl (C=O) groups excluding carboxylic acids is 1. The predicted octanol–water partition coefficient (Wildman–Crippen LogP) is 5.53. The standard InChI is InChI=1S/C21H15NO2S/c23-18-10-8-14(9-11-18)15-5-3-6-17(12-15)22-21(24)20-13-16-4-1-2-7-19(16)25-20/h1-13,23H,(H,22,24). The Morgan fingerprint density at radius 3 is 2.44 bits per heavy atom. The van der Waals surface area contributed by atoms with Gasteiger partial charge in [0.05, 0.1) is 4.88 Å². The minimum atomic E-state index is -0.107. The van der Waals surface area contributed by atoms with E-state index in [1.807, 2.05) is 66.7 Å². The molecule has 0 aliphatic heterocycles. The van der Waals surface area contributed by atoms with Gasteiger partial charge in [-0.2, -0.15) is 0 Å². The highest BCUT2D eigenvalue weighted by Gasteiger charge is 2.10. The van der Waals surface area contributed by atoms with E-state index < -0.39 is 0 Å². The van der Waals surface area contributed by atoms with Crippen molar-refractivity contribution in [2.45, 2.75) is 0 Å². The Bertz CT molecular complexity index is 1020. The number of amides is 1. The van der Waals surface area contributed by atoms with Gasteiger partial charge in [-0.05, 0) is 52.9 Å². The average molecular weight is 345 g/mol. The fraction of sp³-hybridized carbons (Fsp3) is 0. The van der Waals surface area contributed by atoms with E-state index in [2.05, 4.69) is 5.32 Å². The summed E-state index contributed by atoms with van der Waals surface area (Å²) < 4.78 is 1.10. The lowest BCUT2D eigenvalue weighted by atomic mass is 10.1. The number of carbonyl (C=O) groups is 1. The largest absolute Gasteiger partial charge is 0.508 e. The zero-order valence-corrected chi connectivity index (χ0v) is 14.1. The van der Waals surface area contributed by atoms with Crippen molar-refractivity contribution in [1.29, 1.82) is 0 Å². The lowest BCUT2D eigenvalue weighted by Crippen LogP contribution is -2.09. The second kappa shape index (κ2) is 6.42. The van der Waals surface area contributed by atoms with E-state index in [-0.39, 0.29) is 11.7 Å². The molecule has 0 saturated carbocycles. The van der Waals surface area contributed by atoms with Gasteiger partial charge in [0, 0.05) is 10.4 Å². The van der Waals surface area contributed by atoms with Crippen molar-refractivity contribution in [1.82, 2.24) is 0 Å². The summed E-state index contributed by atoms with van der Waals surface area (Å²) in [4.78, 5) is 13.2. The first-order valence-corrected chi connectivity index (χ1v) is 8.70. The zero-order chi connectivity index (χ0) is 17.2. The first-order chi connectivity index (χ1) is 12.2. The smallest absolute Gasteiger partial charge is 0.265 e. The summed E-state index contributed by atoms with van der Waals surface area (Å²) in [5.41, 5.74) is 2.71. The monoisotopic (exact) mass is 345 g/mol. The molecule has 4 heteroatoms. The quantitative estimate of drug-likeness (QED) is 0.513. The van der Waals surface area contributed by atoms with Crippen molar-refractivity contribution < 1.29 is 9.90 Å². The molecular weight excluding hydrogens is 330 g/mol. The molecule has 1 amide bonds. The van der Waals surface area contributed by atoms with Crippen LogP contribution in [-0.2, 0) is 0 Å². The second-order valence-corrected chi connectivity index (χ2v) is 6.81. The molecule has 0 unspecified atom stereocenters. The Morgan fingerprint density at radius 2 is 1.64 bits per heavy atom. The first kappa shape index (κ1) is 15.4. The Balaban J connectivity index is 1.59. The van der Waals surface area contributed by atoms with Crippen molar-refractivity contribution in [3.8, 4) is 16.9 Å². The molecule has 0 fully saturated rings. The highest BCUT2D eigenvalue weighted by atomic mass is 32.1. The molecule has 25 heavy (non-hydrogen) atoms. The fourth-order valence-electron chi connectivity index (χ4n) is 2.72. The Morgan fingerprint density at radius 1 is 0.840 bits per heavy atom. The number of hydrogen-bond donors (Lipinski definition) is 2. The number of aromatic hydroxyl groups is 1. The number of benzene rings is 3. The molecule has 3 aromatic carbocycles. The third-order valence-electron chi connectivity index (χ3n) is 3.97. The second-order valence-electron chi connectivity index (χ2n) is 5.73. The molecule has 122 valence electrons. The average Bonchev–Trinajstić information content (AvgIpc) is 3.07. The van der Waals surface area contributed by atoms with Crippen LogP contribution in [-0.4, -0.2) is 11.0 Å². The molecule has 0 atom stereocenters. The number of nitrogens with one attached hydrogen (secondary N) is 1. The van der Waals surface area contributed by atoms with Crippen LogP contribution in [0.2, 0.25) is 0 Å². The van der Waals surface area contributed by atoms with Gasteiger partial charge in [0.25, 0.3) is 5.91 Å². The van der Waals surface area contributed by atoms with Crippen LogP contribution in [0, 0.1) is 0 Å². The number of hydrogen-bond acceptors (Lipinski definition) is 3. The van der Waals surface area contributed by atoms with E-state index >= 15 is 0 Å². The predicted molar refractivity (Wildman–Crippen MR) is 103 cm³/mol. The summed E-state index contributed by atoms with van der Waals surface area (Å²) in [5.74, 6) is 0.127. The molecule has 0 bridgehead atoms. The Hall–Kier alpha value is -3.11. The number of fused-ring (bicyclic) bond motifs is 1. The van der Waals surface area contributed by atoms with Crippen molar-refractivity contribution in [3.63, 3.8) is 0 Å². The molecule has 0 aliphatic rings. The van der Waals surface area contributed by atoms with E-state index in [1.165, 1.54) is 11.3 Å². The van der Waals surface area contributed by atoms with Crippen molar-refractivity contribution in [3.05, 3.63) is 83.7 Å². The van der Waals surface area contributed by atoms with Gasteiger partial charge in [-0.15, -0.1) is 11.3 Å². The van der Waals surface area contributed by atoms with Crippen LogP contribution in [0.3, 0.4) is 0 Å². The first-order valence-electron chi connectivity index (χ1n) is 7.88. The van der Waals surface area contributed by atoms with E-state index in [1.54, 1.807) is 12.1 Å². The maximum Gasteiger partial charge on any atom is 0.265 e. The number of rotatable bonds is 3. The van der Waals surface area contributed by atoms with E-state index in [4.69, 9.17) is 0 Å². The summed E-state index contributed by atoms with van der Waals surface area (Å²) in [6.07, 6.45) is 0. The number of anilines is 1.